The lowest BCUT2D eigenvalue weighted by Gasteiger charge is -2.23. The lowest BCUT2D eigenvalue weighted by molar-refractivity contribution is -0.125. The van der Waals surface area contributed by atoms with E-state index in [-0.39, 0.29) is 17.9 Å². The number of amides is 1. The second-order valence-corrected chi connectivity index (χ2v) is 7.95. The molecule has 5 heteroatoms. The zero-order valence-corrected chi connectivity index (χ0v) is 16.4. The standard InChI is InChI=1S/C24H25N3O2/c28-24(21-12-18-8-4-5-9-19(18)13-21)25-14-22-23-20(10-11-29-22)16-27(26-23)15-17-6-2-1-3-7-17/h1-9,16,21-22H,10-15H2,(H,25,28)/t22-/m1/s1. The molecule has 1 atom stereocenters. The molecule has 0 fully saturated rings. The molecule has 0 spiro atoms. The first-order chi connectivity index (χ1) is 14.3. The Hall–Kier alpha value is -2.92. The lowest BCUT2D eigenvalue weighted by atomic mass is 10.0. The minimum atomic E-state index is -0.177. The Balaban J connectivity index is 1.22. The third-order valence-corrected chi connectivity index (χ3v) is 5.94. The molecule has 1 aliphatic heterocycles. The molecule has 3 aromatic rings. The minimum Gasteiger partial charge on any atom is -0.370 e. The fraction of sp³-hybridized carbons (Fsp3) is 0.333. The van der Waals surface area contributed by atoms with E-state index >= 15 is 0 Å². The van der Waals surface area contributed by atoms with Gasteiger partial charge < -0.3 is 10.1 Å². The number of nitrogens with one attached hydrogen (secondary N) is 1. The van der Waals surface area contributed by atoms with Gasteiger partial charge in [-0.3, -0.25) is 9.48 Å². The van der Waals surface area contributed by atoms with Crippen molar-refractivity contribution in [2.24, 2.45) is 5.92 Å². The van der Waals surface area contributed by atoms with Gasteiger partial charge in [0.2, 0.25) is 5.91 Å². The molecule has 2 heterocycles. The van der Waals surface area contributed by atoms with Crippen LogP contribution in [0, 0.1) is 5.92 Å². The highest BCUT2D eigenvalue weighted by Gasteiger charge is 2.29. The van der Waals surface area contributed by atoms with Crippen LogP contribution in [-0.4, -0.2) is 28.8 Å². The Labute approximate surface area is 170 Å². The van der Waals surface area contributed by atoms with Crippen molar-refractivity contribution in [3.8, 4) is 0 Å². The van der Waals surface area contributed by atoms with Gasteiger partial charge in [0.05, 0.1) is 18.8 Å². The van der Waals surface area contributed by atoms with E-state index in [1.165, 1.54) is 22.3 Å². The van der Waals surface area contributed by atoms with Crippen molar-refractivity contribution in [3.05, 3.63) is 88.7 Å². The van der Waals surface area contributed by atoms with E-state index in [0.29, 0.717) is 13.2 Å². The molecule has 5 rings (SSSR count). The second-order valence-electron chi connectivity index (χ2n) is 7.95. The van der Waals surface area contributed by atoms with Gasteiger partial charge in [0, 0.05) is 18.7 Å². The number of aromatic nitrogens is 2. The van der Waals surface area contributed by atoms with E-state index in [9.17, 15) is 4.79 Å². The van der Waals surface area contributed by atoms with Crippen molar-refractivity contribution < 1.29 is 9.53 Å². The summed E-state index contributed by atoms with van der Waals surface area (Å²) in [7, 11) is 0. The first kappa shape index (κ1) is 18.1. The largest absolute Gasteiger partial charge is 0.370 e. The third-order valence-electron chi connectivity index (χ3n) is 5.94. The number of ether oxygens (including phenoxy) is 1. The molecule has 1 aliphatic carbocycles. The summed E-state index contributed by atoms with van der Waals surface area (Å²) in [5, 5.41) is 7.89. The molecule has 2 aliphatic rings. The monoisotopic (exact) mass is 387 g/mol. The van der Waals surface area contributed by atoms with Crippen LogP contribution in [0.2, 0.25) is 0 Å². The highest BCUT2D eigenvalue weighted by atomic mass is 16.5. The lowest BCUT2D eigenvalue weighted by Crippen LogP contribution is -2.36. The second kappa shape index (κ2) is 7.84. The van der Waals surface area contributed by atoms with Gasteiger partial charge in [-0.15, -0.1) is 0 Å². The molecule has 1 aromatic heterocycles. The van der Waals surface area contributed by atoms with Crippen LogP contribution in [-0.2, 0) is 35.3 Å². The highest BCUT2D eigenvalue weighted by Crippen LogP contribution is 2.28. The average molecular weight is 387 g/mol. The molecule has 1 N–H and O–H groups in total. The minimum absolute atomic E-state index is 0.0195. The maximum atomic E-state index is 12.7. The number of hydrogen-bond donors (Lipinski definition) is 1. The van der Waals surface area contributed by atoms with E-state index in [2.05, 4.69) is 35.8 Å². The maximum Gasteiger partial charge on any atom is 0.223 e. The van der Waals surface area contributed by atoms with Crippen molar-refractivity contribution >= 4 is 5.91 Å². The summed E-state index contributed by atoms with van der Waals surface area (Å²) in [4.78, 5) is 12.7. The van der Waals surface area contributed by atoms with Crippen molar-refractivity contribution in [1.29, 1.82) is 0 Å². The first-order valence-electron chi connectivity index (χ1n) is 10.3. The van der Waals surface area contributed by atoms with Crippen molar-refractivity contribution in [1.82, 2.24) is 15.1 Å². The average Bonchev–Trinajstić information content (AvgIpc) is 3.36. The van der Waals surface area contributed by atoms with Gasteiger partial charge in [-0.25, -0.2) is 0 Å². The van der Waals surface area contributed by atoms with E-state index in [1.807, 2.05) is 35.0 Å². The molecule has 29 heavy (non-hydrogen) atoms. The summed E-state index contributed by atoms with van der Waals surface area (Å²) in [6, 6.07) is 18.7. The van der Waals surface area contributed by atoms with Crippen LogP contribution in [0.1, 0.15) is 34.1 Å². The molecule has 1 amide bonds. The van der Waals surface area contributed by atoms with Crippen LogP contribution in [0.5, 0.6) is 0 Å². The molecule has 148 valence electrons. The Morgan fingerprint density at radius 1 is 1.03 bits per heavy atom. The molecular weight excluding hydrogens is 362 g/mol. The summed E-state index contributed by atoms with van der Waals surface area (Å²) in [5.41, 5.74) is 5.99. The van der Waals surface area contributed by atoms with Crippen LogP contribution in [0.25, 0.3) is 0 Å². The molecular formula is C24H25N3O2. The van der Waals surface area contributed by atoms with Gasteiger partial charge >= 0.3 is 0 Å². The van der Waals surface area contributed by atoms with Crippen molar-refractivity contribution in [2.45, 2.75) is 31.9 Å². The van der Waals surface area contributed by atoms with Crippen LogP contribution in [0.3, 0.4) is 0 Å². The SMILES string of the molecule is O=C(NC[C@H]1OCCc2cn(Cc3ccccc3)nc21)C1Cc2ccccc2C1. The van der Waals surface area contributed by atoms with Gasteiger partial charge in [-0.05, 0) is 41.5 Å². The Bertz CT molecular complexity index is 987. The summed E-state index contributed by atoms with van der Waals surface area (Å²) in [6.07, 6.45) is 4.46. The number of nitrogens with zero attached hydrogens (tertiary/aromatic N) is 2. The Morgan fingerprint density at radius 2 is 1.76 bits per heavy atom. The van der Waals surface area contributed by atoms with E-state index in [0.717, 1.165) is 31.5 Å². The summed E-state index contributed by atoms with van der Waals surface area (Å²) >= 11 is 0. The predicted molar refractivity (Wildman–Crippen MR) is 111 cm³/mol. The third kappa shape index (κ3) is 3.83. The van der Waals surface area contributed by atoms with Gasteiger partial charge in [0.15, 0.2) is 0 Å². The van der Waals surface area contributed by atoms with Gasteiger partial charge in [-0.2, -0.15) is 5.10 Å². The maximum absolute atomic E-state index is 12.7. The van der Waals surface area contributed by atoms with E-state index < -0.39 is 0 Å². The fourth-order valence-electron chi connectivity index (χ4n) is 4.42. The van der Waals surface area contributed by atoms with Gasteiger partial charge in [-0.1, -0.05) is 54.6 Å². The number of benzene rings is 2. The molecule has 0 radical (unpaired) electrons. The number of carbonyl (C=O) groups is 1. The van der Waals surface area contributed by atoms with Gasteiger partial charge in [0.25, 0.3) is 0 Å². The number of fused-ring (bicyclic) bond motifs is 2. The zero-order chi connectivity index (χ0) is 19.6. The van der Waals surface area contributed by atoms with Crippen LogP contribution in [0.4, 0.5) is 0 Å². The van der Waals surface area contributed by atoms with Crippen LogP contribution >= 0.6 is 0 Å². The van der Waals surface area contributed by atoms with E-state index in [1.54, 1.807) is 0 Å². The fourth-order valence-corrected chi connectivity index (χ4v) is 4.42. The predicted octanol–water partition coefficient (Wildman–Crippen LogP) is 3.08. The van der Waals surface area contributed by atoms with Gasteiger partial charge in [0.1, 0.15) is 6.10 Å². The highest BCUT2D eigenvalue weighted by molar-refractivity contribution is 5.80. The summed E-state index contributed by atoms with van der Waals surface area (Å²) in [5.74, 6) is 0.131. The van der Waals surface area contributed by atoms with Crippen molar-refractivity contribution in [2.75, 3.05) is 13.2 Å². The van der Waals surface area contributed by atoms with Crippen LogP contribution < -0.4 is 5.32 Å². The van der Waals surface area contributed by atoms with Crippen molar-refractivity contribution in [3.63, 3.8) is 0 Å². The normalized spacial score (nSPS) is 18.3. The number of hydrogen-bond acceptors (Lipinski definition) is 3. The molecule has 0 saturated carbocycles. The Morgan fingerprint density at radius 3 is 2.52 bits per heavy atom. The quantitative estimate of drug-likeness (QED) is 0.732. The number of carbonyl (C=O) groups excluding carboxylic acids is 1. The molecule has 0 saturated heterocycles. The number of rotatable bonds is 5. The van der Waals surface area contributed by atoms with E-state index in [4.69, 9.17) is 9.84 Å². The van der Waals surface area contributed by atoms with Crippen LogP contribution in [0.15, 0.2) is 60.8 Å². The molecule has 0 bridgehead atoms. The first-order valence-corrected chi connectivity index (χ1v) is 10.3. The Kier molecular flexibility index (Phi) is 4.90. The smallest absolute Gasteiger partial charge is 0.223 e. The zero-order valence-electron chi connectivity index (χ0n) is 16.4. The summed E-state index contributed by atoms with van der Waals surface area (Å²) in [6.45, 7) is 1.88. The molecule has 2 aromatic carbocycles. The topological polar surface area (TPSA) is 56.1 Å². The summed E-state index contributed by atoms with van der Waals surface area (Å²) < 4.78 is 7.94. The molecule has 5 nitrogen and oxygen atoms in total. The molecule has 0 unspecified atom stereocenters.